The zero-order chi connectivity index (χ0) is 21.1. The van der Waals surface area contributed by atoms with Gasteiger partial charge in [-0.25, -0.2) is 4.79 Å². The van der Waals surface area contributed by atoms with Crippen LogP contribution in [0.5, 0.6) is 0 Å². The van der Waals surface area contributed by atoms with Crippen molar-refractivity contribution in [2.24, 2.45) is 0 Å². The maximum atomic E-state index is 13.5. The van der Waals surface area contributed by atoms with Gasteiger partial charge in [0.05, 0.1) is 38.2 Å². The molecule has 1 unspecified atom stereocenters. The SMILES string of the molecule is CCOC(=O)c1ccc(C=CC(c2cc(Cl)c(Cl)c(Cl)c2)C(F)(F)F)cc1Cl. The Labute approximate surface area is 179 Å². The number of allylic oxidation sites excluding steroid dienone is 1. The Morgan fingerprint density at radius 2 is 1.68 bits per heavy atom. The van der Waals surface area contributed by atoms with Crippen molar-refractivity contribution in [2.75, 3.05) is 6.61 Å². The molecule has 0 saturated carbocycles. The van der Waals surface area contributed by atoms with Gasteiger partial charge in [-0.05, 0) is 42.3 Å². The normalized spacial score (nSPS) is 13.0. The van der Waals surface area contributed by atoms with Crippen LogP contribution in [-0.4, -0.2) is 18.8 Å². The summed E-state index contributed by atoms with van der Waals surface area (Å²) in [6, 6.07) is 6.46. The monoisotopic (exact) mass is 470 g/mol. The molecule has 0 heterocycles. The average molecular weight is 472 g/mol. The minimum Gasteiger partial charge on any atom is -0.462 e. The molecule has 0 aliphatic heterocycles. The highest BCUT2D eigenvalue weighted by atomic mass is 35.5. The number of carbonyl (C=O) groups excluding carboxylic acids is 1. The largest absolute Gasteiger partial charge is 0.462 e. The molecule has 2 aromatic carbocycles. The predicted octanol–water partition coefficient (Wildman–Crippen LogP) is 7.84. The van der Waals surface area contributed by atoms with Crippen molar-refractivity contribution >= 4 is 58.4 Å². The Bertz CT molecular complexity index is 888. The fourth-order valence-electron chi connectivity index (χ4n) is 2.38. The summed E-state index contributed by atoms with van der Waals surface area (Å²) < 4.78 is 45.5. The molecular weight excluding hydrogens is 459 g/mol. The van der Waals surface area contributed by atoms with E-state index in [1.54, 1.807) is 6.92 Å². The molecule has 0 aliphatic carbocycles. The summed E-state index contributed by atoms with van der Waals surface area (Å²) in [6.07, 6.45) is -2.40. The van der Waals surface area contributed by atoms with Crippen molar-refractivity contribution in [3.8, 4) is 0 Å². The van der Waals surface area contributed by atoms with Gasteiger partial charge in [0, 0.05) is 0 Å². The van der Waals surface area contributed by atoms with Crippen LogP contribution in [-0.2, 0) is 4.74 Å². The molecule has 0 radical (unpaired) electrons. The second-order valence-corrected chi connectivity index (χ2v) is 7.24. The quantitative estimate of drug-likeness (QED) is 0.328. The smallest absolute Gasteiger partial charge is 0.399 e. The number of hydrogen-bond donors (Lipinski definition) is 0. The average Bonchev–Trinajstić information content (AvgIpc) is 2.58. The molecule has 0 bridgehead atoms. The summed E-state index contributed by atoms with van der Waals surface area (Å²) in [5.41, 5.74) is 0.347. The van der Waals surface area contributed by atoms with Crippen LogP contribution in [0.4, 0.5) is 13.2 Å². The van der Waals surface area contributed by atoms with Crippen LogP contribution in [0.25, 0.3) is 6.08 Å². The van der Waals surface area contributed by atoms with E-state index in [1.165, 1.54) is 24.3 Å². The number of esters is 1. The van der Waals surface area contributed by atoms with Gasteiger partial charge in [-0.15, -0.1) is 0 Å². The molecule has 2 nitrogen and oxygen atoms in total. The first-order valence-electron chi connectivity index (χ1n) is 7.90. The molecule has 2 aromatic rings. The van der Waals surface area contributed by atoms with Crippen molar-refractivity contribution in [3.63, 3.8) is 0 Å². The molecule has 150 valence electrons. The standard InChI is InChI=1S/C19H13Cl4F3O2/c1-2-28-18(27)12-5-3-10(7-14(12)20)4-6-13(19(24,25)26)11-8-15(21)17(23)16(22)9-11/h3-9,13H,2H2,1H3. The molecular formula is C19H13Cl4F3O2. The van der Waals surface area contributed by atoms with Crippen molar-refractivity contribution in [2.45, 2.75) is 19.0 Å². The summed E-state index contributed by atoms with van der Waals surface area (Å²) >= 11 is 23.6. The maximum Gasteiger partial charge on any atom is 0.399 e. The van der Waals surface area contributed by atoms with Gasteiger partial charge in [-0.1, -0.05) is 64.6 Å². The van der Waals surface area contributed by atoms with Crippen molar-refractivity contribution in [1.82, 2.24) is 0 Å². The van der Waals surface area contributed by atoms with E-state index >= 15 is 0 Å². The van der Waals surface area contributed by atoms with E-state index in [-0.39, 0.29) is 37.8 Å². The molecule has 0 fully saturated rings. The highest BCUT2D eigenvalue weighted by Gasteiger charge is 2.39. The van der Waals surface area contributed by atoms with Gasteiger partial charge >= 0.3 is 12.1 Å². The molecule has 0 spiro atoms. The lowest BCUT2D eigenvalue weighted by molar-refractivity contribution is -0.139. The Kier molecular flexibility index (Phi) is 7.68. The highest BCUT2D eigenvalue weighted by molar-refractivity contribution is 6.48. The topological polar surface area (TPSA) is 26.3 Å². The van der Waals surface area contributed by atoms with E-state index in [0.29, 0.717) is 5.56 Å². The second kappa shape index (κ2) is 9.40. The molecule has 2 rings (SSSR count). The van der Waals surface area contributed by atoms with Crippen LogP contribution in [0.2, 0.25) is 20.1 Å². The third-order valence-electron chi connectivity index (χ3n) is 3.69. The highest BCUT2D eigenvalue weighted by Crippen LogP contribution is 2.41. The Morgan fingerprint density at radius 1 is 1.07 bits per heavy atom. The predicted molar refractivity (Wildman–Crippen MR) is 107 cm³/mol. The van der Waals surface area contributed by atoms with Crippen LogP contribution in [0.3, 0.4) is 0 Å². The minimum atomic E-state index is -4.59. The first-order valence-corrected chi connectivity index (χ1v) is 9.41. The van der Waals surface area contributed by atoms with Gasteiger partial charge in [0.2, 0.25) is 0 Å². The summed E-state index contributed by atoms with van der Waals surface area (Å²) in [7, 11) is 0. The zero-order valence-corrected chi connectivity index (χ0v) is 17.3. The third-order valence-corrected chi connectivity index (χ3v) is 5.20. The van der Waals surface area contributed by atoms with Gasteiger partial charge < -0.3 is 4.74 Å². The maximum absolute atomic E-state index is 13.5. The van der Waals surface area contributed by atoms with E-state index in [0.717, 1.165) is 18.2 Å². The van der Waals surface area contributed by atoms with Crippen LogP contribution < -0.4 is 0 Å². The molecule has 0 amide bonds. The zero-order valence-electron chi connectivity index (χ0n) is 14.3. The minimum absolute atomic E-state index is 0.0154. The molecule has 0 aromatic heterocycles. The lowest BCUT2D eigenvalue weighted by Gasteiger charge is -2.18. The van der Waals surface area contributed by atoms with E-state index in [4.69, 9.17) is 51.1 Å². The molecule has 9 heteroatoms. The number of rotatable bonds is 5. The van der Waals surface area contributed by atoms with Crippen LogP contribution in [0.1, 0.15) is 34.3 Å². The van der Waals surface area contributed by atoms with Crippen LogP contribution >= 0.6 is 46.4 Å². The fourth-order valence-corrected chi connectivity index (χ4v) is 3.26. The van der Waals surface area contributed by atoms with Crippen molar-refractivity contribution in [1.29, 1.82) is 0 Å². The van der Waals surface area contributed by atoms with E-state index in [9.17, 15) is 18.0 Å². The third kappa shape index (κ3) is 5.57. The number of halogens is 7. The number of benzene rings is 2. The van der Waals surface area contributed by atoms with Crippen molar-refractivity contribution in [3.05, 3.63) is 73.2 Å². The molecule has 1 atom stereocenters. The van der Waals surface area contributed by atoms with E-state index in [1.807, 2.05) is 0 Å². The summed E-state index contributed by atoms with van der Waals surface area (Å²) in [5, 5.41) is -0.0950. The van der Waals surface area contributed by atoms with E-state index < -0.39 is 18.1 Å². The summed E-state index contributed by atoms with van der Waals surface area (Å²) in [6.45, 7) is 1.83. The van der Waals surface area contributed by atoms with Gasteiger partial charge in [-0.2, -0.15) is 13.2 Å². The molecule has 0 N–H and O–H groups in total. The lowest BCUT2D eigenvalue weighted by Crippen LogP contribution is -2.19. The Hall–Kier alpha value is -1.40. The number of hydrogen-bond acceptors (Lipinski definition) is 2. The van der Waals surface area contributed by atoms with Gasteiger partial charge in [0.25, 0.3) is 0 Å². The first-order chi connectivity index (χ1) is 13.0. The first kappa shape index (κ1) is 22.9. The summed E-state index contributed by atoms with van der Waals surface area (Å²) in [5.74, 6) is -2.58. The number of alkyl halides is 3. The van der Waals surface area contributed by atoms with Gasteiger partial charge in [-0.3, -0.25) is 0 Å². The van der Waals surface area contributed by atoms with Crippen LogP contribution in [0.15, 0.2) is 36.4 Å². The van der Waals surface area contributed by atoms with Crippen LogP contribution in [0, 0.1) is 0 Å². The van der Waals surface area contributed by atoms with Gasteiger partial charge in [0.1, 0.15) is 0 Å². The summed E-state index contributed by atoms with van der Waals surface area (Å²) in [4.78, 5) is 11.7. The molecule has 28 heavy (non-hydrogen) atoms. The number of ether oxygens (including phenoxy) is 1. The second-order valence-electron chi connectivity index (χ2n) is 5.64. The Balaban J connectivity index is 2.37. The lowest BCUT2D eigenvalue weighted by atomic mass is 9.97. The van der Waals surface area contributed by atoms with E-state index in [2.05, 4.69) is 0 Å². The van der Waals surface area contributed by atoms with Crippen molar-refractivity contribution < 1.29 is 22.7 Å². The molecule has 0 aliphatic rings. The Morgan fingerprint density at radius 3 is 2.18 bits per heavy atom. The fraction of sp³-hybridized carbons (Fsp3) is 0.211. The van der Waals surface area contributed by atoms with Gasteiger partial charge in [0.15, 0.2) is 0 Å². The number of carbonyl (C=O) groups is 1. The molecule has 0 saturated heterocycles.